The molecule has 1 heterocycles. The zero-order valence-electron chi connectivity index (χ0n) is 10.5. The fourth-order valence-corrected chi connectivity index (χ4v) is 2.40. The second-order valence-electron chi connectivity index (χ2n) is 4.55. The molecule has 0 saturated heterocycles. The molecule has 0 saturated carbocycles. The summed E-state index contributed by atoms with van der Waals surface area (Å²) in [6.45, 7) is 6.76. The van der Waals surface area contributed by atoms with E-state index < -0.39 is 0 Å². The van der Waals surface area contributed by atoms with Crippen LogP contribution in [-0.2, 0) is 0 Å². The molecule has 0 aromatic heterocycles. The Bertz CT molecular complexity index is 221. The molecule has 1 aliphatic rings. The first-order valence-corrected chi connectivity index (χ1v) is 6.53. The van der Waals surface area contributed by atoms with Crippen LogP contribution in [0.5, 0.6) is 0 Å². The lowest BCUT2D eigenvalue weighted by molar-refractivity contribution is 0.363. The standard InChI is InChI=1S/C14H25N/c1-4-7-13(8-5-2)14-10-9-12(6-3)11-15-14/h9,11,13-14H,4-8,10H2,1-3H3. The minimum atomic E-state index is 0.570. The van der Waals surface area contributed by atoms with Gasteiger partial charge >= 0.3 is 0 Å². The van der Waals surface area contributed by atoms with Gasteiger partial charge in [0, 0.05) is 6.21 Å². The van der Waals surface area contributed by atoms with Gasteiger partial charge in [0.25, 0.3) is 0 Å². The van der Waals surface area contributed by atoms with Crippen LogP contribution in [0, 0.1) is 5.92 Å². The Balaban J connectivity index is 2.49. The third kappa shape index (κ3) is 3.81. The molecule has 0 radical (unpaired) electrons. The fraction of sp³-hybridized carbons (Fsp3) is 0.786. The van der Waals surface area contributed by atoms with E-state index in [1.165, 1.54) is 37.7 Å². The number of hydrogen-bond donors (Lipinski definition) is 0. The summed E-state index contributed by atoms with van der Waals surface area (Å²) in [5.41, 5.74) is 1.41. The lowest BCUT2D eigenvalue weighted by Crippen LogP contribution is -2.20. The number of dihydropyridines is 1. The van der Waals surface area contributed by atoms with E-state index in [9.17, 15) is 0 Å². The topological polar surface area (TPSA) is 12.4 Å². The van der Waals surface area contributed by atoms with Gasteiger partial charge in [-0.1, -0.05) is 39.7 Å². The van der Waals surface area contributed by atoms with Crippen molar-refractivity contribution in [2.75, 3.05) is 0 Å². The molecule has 1 aliphatic heterocycles. The Morgan fingerprint density at radius 2 is 1.93 bits per heavy atom. The monoisotopic (exact) mass is 207 g/mol. The number of nitrogens with zero attached hydrogens (tertiary/aromatic N) is 1. The highest BCUT2D eigenvalue weighted by Crippen LogP contribution is 2.25. The van der Waals surface area contributed by atoms with E-state index in [2.05, 4.69) is 33.1 Å². The van der Waals surface area contributed by atoms with Gasteiger partial charge in [-0.05, 0) is 37.2 Å². The minimum absolute atomic E-state index is 0.570. The van der Waals surface area contributed by atoms with E-state index in [0.29, 0.717) is 6.04 Å². The summed E-state index contributed by atoms with van der Waals surface area (Å²) in [6.07, 6.45) is 12.0. The highest BCUT2D eigenvalue weighted by molar-refractivity contribution is 5.79. The average Bonchev–Trinajstić information content (AvgIpc) is 2.29. The number of allylic oxidation sites excluding steroid dienone is 1. The normalized spacial score (nSPS) is 20.8. The molecule has 15 heavy (non-hydrogen) atoms. The lowest BCUT2D eigenvalue weighted by atomic mass is 9.87. The van der Waals surface area contributed by atoms with Crippen LogP contribution in [0.25, 0.3) is 0 Å². The van der Waals surface area contributed by atoms with Crippen molar-refractivity contribution in [3.8, 4) is 0 Å². The van der Waals surface area contributed by atoms with Crippen molar-refractivity contribution in [1.29, 1.82) is 0 Å². The molecule has 0 spiro atoms. The van der Waals surface area contributed by atoms with Crippen LogP contribution in [0.4, 0.5) is 0 Å². The van der Waals surface area contributed by atoms with Gasteiger partial charge in [0.1, 0.15) is 0 Å². The van der Waals surface area contributed by atoms with Gasteiger partial charge in [-0.15, -0.1) is 0 Å². The van der Waals surface area contributed by atoms with Crippen molar-refractivity contribution in [3.05, 3.63) is 11.6 Å². The first kappa shape index (κ1) is 12.5. The number of rotatable bonds is 6. The van der Waals surface area contributed by atoms with E-state index in [1.54, 1.807) is 0 Å². The molecule has 1 atom stereocenters. The van der Waals surface area contributed by atoms with Crippen LogP contribution in [0.15, 0.2) is 16.6 Å². The molecule has 0 bridgehead atoms. The van der Waals surface area contributed by atoms with E-state index in [4.69, 9.17) is 4.99 Å². The summed E-state index contributed by atoms with van der Waals surface area (Å²) < 4.78 is 0. The summed E-state index contributed by atoms with van der Waals surface area (Å²) in [7, 11) is 0. The van der Waals surface area contributed by atoms with Crippen LogP contribution in [0.3, 0.4) is 0 Å². The van der Waals surface area contributed by atoms with Crippen LogP contribution in [0.2, 0.25) is 0 Å². The van der Waals surface area contributed by atoms with Gasteiger partial charge in [-0.25, -0.2) is 0 Å². The predicted molar refractivity (Wildman–Crippen MR) is 68.6 cm³/mol. The first-order valence-electron chi connectivity index (χ1n) is 6.53. The molecule has 1 unspecified atom stereocenters. The van der Waals surface area contributed by atoms with Crippen LogP contribution >= 0.6 is 0 Å². The maximum Gasteiger partial charge on any atom is 0.0562 e. The quantitative estimate of drug-likeness (QED) is 0.613. The second kappa shape index (κ2) is 6.81. The van der Waals surface area contributed by atoms with Gasteiger partial charge in [0.05, 0.1) is 6.04 Å². The van der Waals surface area contributed by atoms with Crippen LogP contribution < -0.4 is 0 Å². The van der Waals surface area contributed by atoms with Gasteiger partial charge in [-0.2, -0.15) is 0 Å². The maximum atomic E-state index is 4.73. The molecule has 0 fully saturated rings. The Morgan fingerprint density at radius 1 is 1.27 bits per heavy atom. The molecule has 0 amide bonds. The SMILES string of the molecule is CCCC(CCC)C1CC=C(CC)C=N1. The maximum absolute atomic E-state index is 4.73. The second-order valence-corrected chi connectivity index (χ2v) is 4.55. The summed E-state index contributed by atoms with van der Waals surface area (Å²) >= 11 is 0. The van der Waals surface area contributed by atoms with Gasteiger partial charge in [0.2, 0.25) is 0 Å². The molecule has 0 aromatic carbocycles. The zero-order valence-corrected chi connectivity index (χ0v) is 10.5. The number of hydrogen-bond acceptors (Lipinski definition) is 1. The van der Waals surface area contributed by atoms with Crippen molar-refractivity contribution in [1.82, 2.24) is 0 Å². The van der Waals surface area contributed by atoms with Crippen molar-refractivity contribution in [2.45, 2.75) is 65.3 Å². The van der Waals surface area contributed by atoms with E-state index in [1.807, 2.05) is 0 Å². The first-order chi connectivity index (χ1) is 7.31. The van der Waals surface area contributed by atoms with Gasteiger partial charge < -0.3 is 0 Å². The molecule has 1 nitrogen and oxygen atoms in total. The van der Waals surface area contributed by atoms with E-state index in [0.717, 1.165) is 12.3 Å². The average molecular weight is 207 g/mol. The van der Waals surface area contributed by atoms with Crippen molar-refractivity contribution < 1.29 is 0 Å². The molecular weight excluding hydrogens is 182 g/mol. The van der Waals surface area contributed by atoms with Gasteiger partial charge in [-0.3, -0.25) is 4.99 Å². The third-order valence-corrected chi connectivity index (χ3v) is 3.32. The lowest BCUT2D eigenvalue weighted by Gasteiger charge is -2.24. The smallest absolute Gasteiger partial charge is 0.0562 e. The molecule has 0 aliphatic carbocycles. The summed E-state index contributed by atoms with van der Waals surface area (Å²) in [5, 5.41) is 0. The Hall–Kier alpha value is -0.590. The fourth-order valence-electron chi connectivity index (χ4n) is 2.40. The third-order valence-electron chi connectivity index (χ3n) is 3.32. The predicted octanol–water partition coefficient (Wildman–Crippen LogP) is 4.38. The zero-order chi connectivity index (χ0) is 11.1. The van der Waals surface area contributed by atoms with Crippen LogP contribution in [-0.4, -0.2) is 12.3 Å². The highest BCUT2D eigenvalue weighted by atomic mass is 14.8. The highest BCUT2D eigenvalue weighted by Gasteiger charge is 2.19. The summed E-state index contributed by atoms with van der Waals surface area (Å²) in [6, 6.07) is 0.570. The molecule has 1 rings (SSSR count). The summed E-state index contributed by atoms with van der Waals surface area (Å²) in [4.78, 5) is 4.73. The van der Waals surface area contributed by atoms with Crippen LogP contribution in [0.1, 0.15) is 59.3 Å². The molecule has 0 aromatic rings. The van der Waals surface area contributed by atoms with E-state index >= 15 is 0 Å². The largest absolute Gasteiger partial charge is 0.289 e. The van der Waals surface area contributed by atoms with Crippen molar-refractivity contribution >= 4 is 6.21 Å². The molecule has 0 N–H and O–H groups in total. The molecular formula is C14H25N. The van der Waals surface area contributed by atoms with E-state index in [-0.39, 0.29) is 0 Å². The number of aliphatic imine (C=N–C) groups is 1. The van der Waals surface area contributed by atoms with Crippen molar-refractivity contribution in [2.24, 2.45) is 10.9 Å². The molecule has 1 heteroatoms. The van der Waals surface area contributed by atoms with Crippen molar-refractivity contribution in [3.63, 3.8) is 0 Å². The Kier molecular flexibility index (Phi) is 5.67. The Labute approximate surface area is 94.7 Å². The minimum Gasteiger partial charge on any atom is -0.289 e. The van der Waals surface area contributed by atoms with Gasteiger partial charge in [0.15, 0.2) is 0 Å². The summed E-state index contributed by atoms with van der Waals surface area (Å²) in [5.74, 6) is 0.811. The molecule has 86 valence electrons. The Morgan fingerprint density at radius 3 is 2.33 bits per heavy atom.